The van der Waals surface area contributed by atoms with E-state index in [1.165, 1.54) is 18.4 Å². The summed E-state index contributed by atoms with van der Waals surface area (Å²) in [4.78, 5) is 26.4. The van der Waals surface area contributed by atoms with Crippen LogP contribution in [0.2, 0.25) is 0 Å². The van der Waals surface area contributed by atoms with Crippen molar-refractivity contribution < 1.29 is 23.6 Å². The SMILES string of the molecule is COC(=O)c1c(NC(=O)c2cc(-c3ccc4c(c3)C[C@@H](C)O4)on2)sc2c1CCCC2. The summed E-state index contributed by atoms with van der Waals surface area (Å²) >= 11 is 1.44. The Bertz CT molecular complexity index is 1180. The van der Waals surface area contributed by atoms with E-state index in [9.17, 15) is 9.59 Å². The van der Waals surface area contributed by atoms with Crippen LogP contribution in [0.25, 0.3) is 11.3 Å². The zero-order valence-corrected chi connectivity index (χ0v) is 18.1. The van der Waals surface area contributed by atoms with E-state index in [1.54, 1.807) is 6.07 Å². The summed E-state index contributed by atoms with van der Waals surface area (Å²) in [5.41, 5.74) is 3.56. The number of thiophene rings is 1. The number of nitrogens with one attached hydrogen (secondary N) is 1. The molecule has 3 aromatic rings. The van der Waals surface area contributed by atoms with Gasteiger partial charge in [0.05, 0.1) is 12.7 Å². The van der Waals surface area contributed by atoms with Crippen molar-refractivity contribution in [3.8, 4) is 17.1 Å². The van der Waals surface area contributed by atoms with E-state index in [2.05, 4.69) is 10.5 Å². The molecule has 0 fully saturated rings. The third kappa shape index (κ3) is 3.61. The highest BCUT2D eigenvalue weighted by molar-refractivity contribution is 7.17. The maximum absolute atomic E-state index is 12.9. The summed E-state index contributed by atoms with van der Waals surface area (Å²) in [5, 5.41) is 7.30. The molecular formula is C23H22N2O5S. The van der Waals surface area contributed by atoms with Gasteiger partial charge in [-0.2, -0.15) is 0 Å². The molecule has 1 aliphatic carbocycles. The number of carbonyl (C=O) groups excluding carboxylic acids is 2. The molecule has 0 saturated heterocycles. The molecule has 160 valence electrons. The first-order valence-corrected chi connectivity index (χ1v) is 11.2. The molecule has 1 atom stereocenters. The molecule has 0 bridgehead atoms. The number of rotatable bonds is 4. The number of carbonyl (C=O) groups is 2. The average Bonchev–Trinajstić information content (AvgIpc) is 3.48. The highest BCUT2D eigenvalue weighted by Crippen LogP contribution is 2.39. The van der Waals surface area contributed by atoms with E-state index in [0.717, 1.165) is 59.4 Å². The molecule has 3 heterocycles. The van der Waals surface area contributed by atoms with E-state index in [4.69, 9.17) is 14.0 Å². The van der Waals surface area contributed by atoms with Crippen LogP contribution in [0.1, 0.15) is 56.6 Å². The maximum atomic E-state index is 12.9. The number of methoxy groups -OCH3 is 1. The monoisotopic (exact) mass is 438 g/mol. The van der Waals surface area contributed by atoms with Gasteiger partial charge in [0.15, 0.2) is 11.5 Å². The number of fused-ring (bicyclic) bond motifs is 2. The molecule has 0 spiro atoms. The second-order valence-electron chi connectivity index (χ2n) is 7.89. The third-order valence-corrected chi connectivity index (χ3v) is 6.92. The lowest BCUT2D eigenvalue weighted by Gasteiger charge is -2.11. The van der Waals surface area contributed by atoms with Crippen molar-refractivity contribution in [2.45, 2.75) is 45.1 Å². The minimum absolute atomic E-state index is 0.155. The molecule has 8 heteroatoms. The normalized spacial score (nSPS) is 16.9. The number of hydrogen-bond donors (Lipinski definition) is 1. The van der Waals surface area contributed by atoms with Crippen LogP contribution in [0, 0.1) is 0 Å². The Balaban J connectivity index is 1.39. The van der Waals surface area contributed by atoms with Gasteiger partial charge in [-0.3, -0.25) is 4.79 Å². The topological polar surface area (TPSA) is 90.7 Å². The maximum Gasteiger partial charge on any atom is 0.341 e. The number of aromatic nitrogens is 1. The smallest absolute Gasteiger partial charge is 0.341 e. The summed E-state index contributed by atoms with van der Waals surface area (Å²) in [6, 6.07) is 7.42. The zero-order valence-electron chi connectivity index (χ0n) is 17.3. The first-order valence-electron chi connectivity index (χ1n) is 10.3. The Kier molecular flexibility index (Phi) is 5.02. The fourth-order valence-corrected chi connectivity index (χ4v) is 5.51. The Morgan fingerprint density at radius 3 is 2.90 bits per heavy atom. The van der Waals surface area contributed by atoms with Gasteiger partial charge >= 0.3 is 5.97 Å². The fraction of sp³-hybridized carbons (Fsp3) is 0.348. The highest BCUT2D eigenvalue weighted by Gasteiger charge is 2.28. The molecule has 7 nitrogen and oxygen atoms in total. The molecule has 0 unspecified atom stereocenters. The number of aryl methyl sites for hydroxylation is 1. The van der Waals surface area contributed by atoms with Gasteiger partial charge < -0.3 is 19.3 Å². The van der Waals surface area contributed by atoms with Crippen LogP contribution >= 0.6 is 11.3 Å². The van der Waals surface area contributed by atoms with Gasteiger partial charge in [-0.25, -0.2) is 4.79 Å². The number of anilines is 1. The number of amides is 1. The first kappa shape index (κ1) is 19.8. The van der Waals surface area contributed by atoms with Crippen molar-refractivity contribution in [2.24, 2.45) is 0 Å². The number of ether oxygens (including phenoxy) is 2. The van der Waals surface area contributed by atoms with E-state index in [0.29, 0.717) is 16.3 Å². The molecule has 1 amide bonds. The zero-order chi connectivity index (χ0) is 21.5. The fourth-order valence-electron chi connectivity index (χ4n) is 4.23. The molecule has 0 radical (unpaired) electrons. The van der Waals surface area contributed by atoms with Gasteiger partial charge in [-0.1, -0.05) is 5.16 Å². The third-order valence-electron chi connectivity index (χ3n) is 5.71. The molecule has 0 saturated carbocycles. The molecule has 1 N–H and O–H groups in total. The molecular weight excluding hydrogens is 416 g/mol. The Morgan fingerprint density at radius 1 is 1.23 bits per heavy atom. The van der Waals surface area contributed by atoms with Crippen molar-refractivity contribution in [2.75, 3.05) is 12.4 Å². The van der Waals surface area contributed by atoms with Gasteiger partial charge in [0.2, 0.25) is 0 Å². The average molecular weight is 439 g/mol. The van der Waals surface area contributed by atoms with Crippen molar-refractivity contribution >= 4 is 28.2 Å². The standard InChI is InChI=1S/C23H22N2O5S/c1-12-9-14-10-13(7-8-17(14)29-12)18-11-16(25-30-18)21(26)24-22-20(23(27)28-2)15-5-3-4-6-19(15)31-22/h7-8,10-12H,3-6,9H2,1-2H3,(H,24,26)/t12-/m1/s1. The quantitative estimate of drug-likeness (QED) is 0.597. The van der Waals surface area contributed by atoms with Crippen LogP contribution in [-0.2, 0) is 24.0 Å². The van der Waals surface area contributed by atoms with Gasteiger partial charge in [-0.05, 0) is 61.9 Å². The van der Waals surface area contributed by atoms with Crippen molar-refractivity contribution in [1.29, 1.82) is 0 Å². The second kappa shape index (κ2) is 7.85. The summed E-state index contributed by atoms with van der Waals surface area (Å²) in [5.74, 6) is 0.541. The molecule has 1 aromatic carbocycles. The van der Waals surface area contributed by atoms with Crippen LogP contribution in [0.4, 0.5) is 5.00 Å². The molecule has 31 heavy (non-hydrogen) atoms. The van der Waals surface area contributed by atoms with Gasteiger partial charge in [-0.15, -0.1) is 11.3 Å². The Hall–Kier alpha value is -3.13. The highest BCUT2D eigenvalue weighted by atomic mass is 32.1. The largest absolute Gasteiger partial charge is 0.490 e. The Morgan fingerprint density at radius 2 is 2.06 bits per heavy atom. The van der Waals surface area contributed by atoms with Crippen LogP contribution in [0.5, 0.6) is 5.75 Å². The van der Waals surface area contributed by atoms with Crippen molar-refractivity contribution in [3.05, 3.63) is 51.5 Å². The molecule has 2 aliphatic rings. The number of nitrogens with zero attached hydrogens (tertiary/aromatic N) is 1. The lowest BCUT2D eigenvalue weighted by atomic mass is 9.95. The summed E-state index contributed by atoms with van der Waals surface area (Å²) in [6.07, 6.45) is 4.83. The van der Waals surface area contributed by atoms with Gasteiger partial charge in [0, 0.05) is 22.9 Å². The van der Waals surface area contributed by atoms with E-state index in [-0.39, 0.29) is 11.8 Å². The Labute approximate surface area is 183 Å². The summed E-state index contributed by atoms with van der Waals surface area (Å²) in [6.45, 7) is 2.03. The van der Waals surface area contributed by atoms with Crippen LogP contribution < -0.4 is 10.1 Å². The van der Waals surface area contributed by atoms with Crippen LogP contribution in [0.15, 0.2) is 28.8 Å². The minimum atomic E-state index is -0.426. The van der Waals surface area contributed by atoms with Crippen LogP contribution in [0.3, 0.4) is 0 Å². The van der Waals surface area contributed by atoms with Crippen molar-refractivity contribution in [3.63, 3.8) is 0 Å². The van der Waals surface area contributed by atoms with Crippen LogP contribution in [-0.4, -0.2) is 30.2 Å². The lowest BCUT2D eigenvalue weighted by molar-refractivity contribution is 0.0601. The molecule has 5 rings (SSSR count). The predicted molar refractivity (Wildman–Crippen MR) is 116 cm³/mol. The minimum Gasteiger partial charge on any atom is -0.490 e. The van der Waals surface area contributed by atoms with E-state index < -0.39 is 11.9 Å². The molecule has 1 aliphatic heterocycles. The molecule has 2 aromatic heterocycles. The number of benzene rings is 1. The summed E-state index contributed by atoms with van der Waals surface area (Å²) in [7, 11) is 1.35. The predicted octanol–water partition coefficient (Wildman–Crippen LogP) is 4.64. The van der Waals surface area contributed by atoms with Gasteiger partial charge in [0.25, 0.3) is 5.91 Å². The second-order valence-corrected chi connectivity index (χ2v) is 9.00. The summed E-state index contributed by atoms with van der Waals surface area (Å²) < 4.78 is 16.1. The van der Waals surface area contributed by atoms with Crippen molar-refractivity contribution in [1.82, 2.24) is 5.16 Å². The van der Waals surface area contributed by atoms with E-state index in [1.807, 2.05) is 25.1 Å². The van der Waals surface area contributed by atoms with Gasteiger partial charge in [0.1, 0.15) is 16.9 Å². The first-order chi connectivity index (χ1) is 15.0. The number of esters is 1. The van der Waals surface area contributed by atoms with E-state index >= 15 is 0 Å². The lowest BCUT2D eigenvalue weighted by Crippen LogP contribution is -2.15. The number of hydrogen-bond acceptors (Lipinski definition) is 7.